The number of ether oxygens (including phenoxy) is 1. The molecular formula is C9H15ClN2O3. The zero-order valence-corrected chi connectivity index (χ0v) is 9.20. The second-order valence-corrected chi connectivity index (χ2v) is 3.80. The van der Waals surface area contributed by atoms with Crippen molar-refractivity contribution in [2.24, 2.45) is 5.73 Å². The molecule has 0 aromatic rings. The number of amides is 2. The van der Waals surface area contributed by atoms with Crippen molar-refractivity contribution in [3.63, 3.8) is 0 Å². The number of nitrogens with two attached hydrogens (primary N) is 1. The van der Waals surface area contributed by atoms with Crippen molar-refractivity contribution >= 4 is 23.6 Å². The van der Waals surface area contributed by atoms with Crippen molar-refractivity contribution in [3.05, 3.63) is 0 Å². The first-order chi connectivity index (χ1) is 7.13. The fraction of sp³-hybridized carbons (Fsp3) is 0.778. The Bertz CT molecular complexity index is 248. The molecular weight excluding hydrogens is 220 g/mol. The Morgan fingerprint density at radius 3 is 2.80 bits per heavy atom. The van der Waals surface area contributed by atoms with Crippen molar-refractivity contribution < 1.29 is 14.3 Å². The zero-order chi connectivity index (χ0) is 11.3. The third-order valence-electron chi connectivity index (χ3n) is 2.38. The van der Waals surface area contributed by atoms with Gasteiger partial charge < -0.3 is 15.4 Å². The largest absolute Gasteiger partial charge is 0.445 e. The maximum absolute atomic E-state index is 11.4. The zero-order valence-electron chi connectivity index (χ0n) is 8.45. The lowest BCUT2D eigenvalue weighted by Crippen LogP contribution is -2.39. The van der Waals surface area contributed by atoms with Crippen LogP contribution in [0.15, 0.2) is 0 Å². The number of hydrogen-bond acceptors (Lipinski definition) is 3. The Hall–Kier alpha value is -0.970. The average molecular weight is 235 g/mol. The molecule has 0 aromatic heterocycles. The molecule has 1 unspecified atom stereocenters. The van der Waals surface area contributed by atoms with Crippen molar-refractivity contribution in [1.29, 1.82) is 0 Å². The maximum Gasteiger partial charge on any atom is 0.404 e. The SMILES string of the molecule is NC(=O)OC1CCCCN(C(=O)CCl)C1. The molecule has 0 spiro atoms. The summed E-state index contributed by atoms with van der Waals surface area (Å²) in [4.78, 5) is 23.6. The maximum atomic E-state index is 11.4. The van der Waals surface area contributed by atoms with Gasteiger partial charge in [0.1, 0.15) is 12.0 Å². The highest BCUT2D eigenvalue weighted by molar-refractivity contribution is 6.27. The van der Waals surface area contributed by atoms with Crippen LogP contribution >= 0.6 is 11.6 Å². The number of likely N-dealkylation sites (tertiary alicyclic amines) is 1. The topological polar surface area (TPSA) is 72.6 Å². The molecule has 86 valence electrons. The molecule has 1 atom stereocenters. The quantitative estimate of drug-likeness (QED) is 0.715. The van der Waals surface area contributed by atoms with E-state index in [-0.39, 0.29) is 17.9 Å². The van der Waals surface area contributed by atoms with Crippen LogP contribution in [0.2, 0.25) is 0 Å². The summed E-state index contributed by atoms with van der Waals surface area (Å²) < 4.78 is 4.90. The first-order valence-corrected chi connectivity index (χ1v) is 5.46. The van der Waals surface area contributed by atoms with Gasteiger partial charge in [-0.2, -0.15) is 0 Å². The molecule has 1 heterocycles. The van der Waals surface area contributed by atoms with Gasteiger partial charge in [0, 0.05) is 6.54 Å². The van der Waals surface area contributed by atoms with E-state index in [1.54, 1.807) is 4.90 Å². The van der Waals surface area contributed by atoms with Crippen molar-refractivity contribution in [3.8, 4) is 0 Å². The molecule has 1 rings (SSSR count). The van der Waals surface area contributed by atoms with Crippen molar-refractivity contribution in [2.45, 2.75) is 25.4 Å². The monoisotopic (exact) mass is 234 g/mol. The summed E-state index contributed by atoms with van der Waals surface area (Å²) in [6.45, 7) is 1.07. The van der Waals surface area contributed by atoms with E-state index < -0.39 is 6.09 Å². The summed E-state index contributed by atoms with van der Waals surface area (Å²) in [5.41, 5.74) is 4.94. The summed E-state index contributed by atoms with van der Waals surface area (Å²) in [6.07, 6.45) is 1.48. The minimum Gasteiger partial charge on any atom is -0.445 e. The lowest BCUT2D eigenvalue weighted by molar-refractivity contribution is -0.129. The predicted molar refractivity (Wildman–Crippen MR) is 55.6 cm³/mol. The van der Waals surface area contributed by atoms with Gasteiger partial charge >= 0.3 is 6.09 Å². The average Bonchev–Trinajstić information content (AvgIpc) is 2.41. The fourth-order valence-corrected chi connectivity index (χ4v) is 1.84. The molecule has 0 saturated carbocycles. The molecule has 1 fully saturated rings. The van der Waals surface area contributed by atoms with Crippen LogP contribution in [-0.4, -0.2) is 42.0 Å². The van der Waals surface area contributed by atoms with E-state index in [4.69, 9.17) is 22.1 Å². The molecule has 5 nitrogen and oxygen atoms in total. The number of carbonyl (C=O) groups is 2. The highest BCUT2D eigenvalue weighted by atomic mass is 35.5. The van der Waals surface area contributed by atoms with Gasteiger partial charge in [0.25, 0.3) is 0 Å². The van der Waals surface area contributed by atoms with E-state index in [1.165, 1.54) is 0 Å². The summed E-state index contributed by atoms with van der Waals surface area (Å²) in [5.74, 6) is -0.167. The first kappa shape index (κ1) is 12.1. The molecule has 1 aliphatic heterocycles. The van der Waals surface area contributed by atoms with Crippen LogP contribution < -0.4 is 5.73 Å². The normalized spacial score (nSPS) is 21.9. The van der Waals surface area contributed by atoms with Crippen LogP contribution in [0.5, 0.6) is 0 Å². The Morgan fingerprint density at radius 1 is 1.47 bits per heavy atom. The van der Waals surface area contributed by atoms with E-state index in [1.807, 2.05) is 0 Å². The third-order valence-corrected chi connectivity index (χ3v) is 2.61. The number of halogens is 1. The smallest absolute Gasteiger partial charge is 0.404 e. The van der Waals surface area contributed by atoms with Crippen LogP contribution in [0.1, 0.15) is 19.3 Å². The molecule has 0 bridgehead atoms. The number of hydrogen-bond donors (Lipinski definition) is 1. The van der Waals surface area contributed by atoms with Crippen molar-refractivity contribution in [2.75, 3.05) is 19.0 Å². The van der Waals surface area contributed by atoms with Crippen LogP contribution in [0, 0.1) is 0 Å². The minimum atomic E-state index is -0.792. The van der Waals surface area contributed by atoms with E-state index >= 15 is 0 Å². The molecule has 2 N–H and O–H groups in total. The first-order valence-electron chi connectivity index (χ1n) is 4.93. The molecule has 0 aliphatic carbocycles. The Balaban J connectivity index is 2.52. The Labute approximate surface area is 93.5 Å². The Kier molecular flexibility index (Phi) is 4.68. The minimum absolute atomic E-state index is 0.0384. The second kappa shape index (κ2) is 5.80. The number of alkyl halides is 1. The predicted octanol–water partition coefficient (Wildman–Crippen LogP) is 0.702. The van der Waals surface area contributed by atoms with Crippen LogP contribution in [0.4, 0.5) is 4.79 Å². The summed E-state index contributed by atoms with van der Waals surface area (Å²) in [5, 5.41) is 0. The summed E-state index contributed by atoms with van der Waals surface area (Å²) in [7, 11) is 0. The molecule has 15 heavy (non-hydrogen) atoms. The van der Waals surface area contributed by atoms with Gasteiger partial charge in [0.15, 0.2) is 0 Å². The third kappa shape index (κ3) is 3.95. The van der Waals surface area contributed by atoms with Gasteiger partial charge in [0.05, 0.1) is 6.54 Å². The van der Waals surface area contributed by atoms with Crippen LogP contribution in [0.3, 0.4) is 0 Å². The highest BCUT2D eigenvalue weighted by Crippen LogP contribution is 2.13. The van der Waals surface area contributed by atoms with Gasteiger partial charge in [-0.05, 0) is 19.3 Å². The number of nitrogens with zero attached hydrogens (tertiary/aromatic N) is 1. The van der Waals surface area contributed by atoms with Crippen LogP contribution in [-0.2, 0) is 9.53 Å². The van der Waals surface area contributed by atoms with E-state index in [9.17, 15) is 9.59 Å². The standard InChI is InChI=1S/C9H15ClN2O3/c10-5-8(13)12-4-2-1-3-7(6-12)15-9(11)14/h7H,1-6H2,(H2,11,14). The van der Waals surface area contributed by atoms with Gasteiger partial charge in [-0.1, -0.05) is 0 Å². The van der Waals surface area contributed by atoms with Gasteiger partial charge in [-0.15, -0.1) is 11.6 Å². The molecule has 0 aromatic carbocycles. The number of rotatable bonds is 2. The van der Waals surface area contributed by atoms with E-state index in [0.717, 1.165) is 19.3 Å². The molecule has 1 saturated heterocycles. The summed E-state index contributed by atoms with van der Waals surface area (Å²) >= 11 is 5.47. The highest BCUT2D eigenvalue weighted by Gasteiger charge is 2.23. The molecule has 2 amide bonds. The van der Waals surface area contributed by atoms with Gasteiger partial charge in [0.2, 0.25) is 5.91 Å². The molecule has 1 aliphatic rings. The van der Waals surface area contributed by atoms with E-state index in [2.05, 4.69) is 0 Å². The lowest BCUT2D eigenvalue weighted by Gasteiger charge is -2.23. The molecule has 0 radical (unpaired) electrons. The second-order valence-electron chi connectivity index (χ2n) is 3.53. The van der Waals surface area contributed by atoms with Gasteiger partial charge in [-0.3, -0.25) is 4.79 Å². The van der Waals surface area contributed by atoms with E-state index in [0.29, 0.717) is 13.1 Å². The summed E-state index contributed by atoms with van der Waals surface area (Å²) in [6, 6.07) is 0. The van der Waals surface area contributed by atoms with Crippen LogP contribution in [0.25, 0.3) is 0 Å². The molecule has 6 heteroatoms. The number of primary amides is 1. The van der Waals surface area contributed by atoms with Crippen molar-refractivity contribution in [1.82, 2.24) is 4.90 Å². The van der Waals surface area contributed by atoms with Gasteiger partial charge in [-0.25, -0.2) is 4.79 Å². The fourth-order valence-electron chi connectivity index (χ4n) is 1.67. The number of carbonyl (C=O) groups excluding carboxylic acids is 2. The lowest BCUT2D eigenvalue weighted by atomic mass is 10.2. The Morgan fingerprint density at radius 2 is 2.20 bits per heavy atom.